The maximum atomic E-state index is 9.52. The van der Waals surface area contributed by atoms with Crippen molar-refractivity contribution in [3.63, 3.8) is 0 Å². The first kappa shape index (κ1) is 16.9. The van der Waals surface area contributed by atoms with Gasteiger partial charge in [0.05, 0.1) is 6.61 Å². The molecule has 1 aliphatic carbocycles. The number of hydrogen-bond donors (Lipinski definition) is 2. The number of nitrogens with one attached hydrogen (secondary N) is 1. The Balaban J connectivity index is 2.35. The van der Waals surface area contributed by atoms with Gasteiger partial charge in [-0.3, -0.25) is 0 Å². The van der Waals surface area contributed by atoms with Crippen LogP contribution in [0.25, 0.3) is 0 Å². The molecule has 0 bridgehead atoms. The summed E-state index contributed by atoms with van der Waals surface area (Å²) in [6.45, 7) is 12.7. The van der Waals surface area contributed by atoms with Gasteiger partial charge < -0.3 is 15.3 Å². The Hall–Kier alpha value is -0.120. The van der Waals surface area contributed by atoms with E-state index in [1.54, 1.807) is 0 Å². The number of hydrogen-bond acceptors (Lipinski definition) is 3. The van der Waals surface area contributed by atoms with Gasteiger partial charge in [-0.15, -0.1) is 0 Å². The van der Waals surface area contributed by atoms with Crippen LogP contribution in [-0.2, 0) is 0 Å². The molecule has 0 amide bonds. The van der Waals surface area contributed by atoms with E-state index in [0.29, 0.717) is 6.04 Å². The Morgan fingerprint density at radius 1 is 1.05 bits per heavy atom. The zero-order chi connectivity index (χ0) is 14.3. The second-order valence-electron chi connectivity index (χ2n) is 6.99. The molecule has 0 spiro atoms. The smallest absolute Gasteiger partial charge is 0.0597 e. The van der Waals surface area contributed by atoms with E-state index < -0.39 is 0 Å². The lowest BCUT2D eigenvalue weighted by atomic mass is 10.1. The van der Waals surface area contributed by atoms with Crippen molar-refractivity contribution in [1.82, 2.24) is 10.2 Å². The summed E-state index contributed by atoms with van der Waals surface area (Å²) >= 11 is 0. The summed E-state index contributed by atoms with van der Waals surface area (Å²) in [7, 11) is 0. The topological polar surface area (TPSA) is 35.5 Å². The molecule has 0 aromatic heterocycles. The lowest BCUT2D eigenvalue weighted by Gasteiger charge is -2.28. The fourth-order valence-corrected chi connectivity index (χ4v) is 2.23. The van der Waals surface area contributed by atoms with Gasteiger partial charge in [-0.2, -0.15) is 0 Å². The molecule has 1 fully saturated rings. The molecular formula is C16H34N2O. The molecule has 1 unspecified atom stereocenters. The average molecular weight is 270 g/mol. The van der Waals surface area contributed by atoms with Crippen LogP contribution in [0.3, 0.4) is 0 Å². The molecular weight excluding hydrogens is 236 g/mol. The minimum Gasteiger partial charge on any atom is -0.395 e. The predicted molar refractivity (Wildman–Crippen MR) is 82.4 cm³/mol. The lowest BCUT2D eigenvalue weighted by Crippen LogP contribution is -2.45. The molecule has 1 saturated carbocycles. The molecule has 0 saturated heterocycles. The monoisotopic (exact) mass is 270 g/mol. The van der Waals surface area contributed by atoms with Crippen LogP contribution < -0.4 is 5.32 Å². The first-order valence-electron chi connectivity index (χ1n) is 8.10. The van der Waals surface area contributed by atoms with Crippen molar-refractivity contribution in [3.8, 4) is 0 Å². The van der Waals surface area contributed by atoms with E-state index in [9.17, 15) is 5.11 Å². The van der Waals surface area contributed by atoms with Gasteiger partial charge in [0, 0.05) is 18.6 Å². The highest BCUT2D eigenvalue weighted by molar-refractivity contribution is 4.86. The van der Waals surface area contributed by atoms with Crippen molar-refractivity contribution in [1.29, 1.82) is 0 Å². The van der Waals surface area contributed by atoms with Gasteiger partial charge in [0.2, 0.25) is 0 Å². The number of nitrogens with zero attached hydrogens (tertiary/aromatic N) is 1. The third-order valence-corrected chi connectivity index (χ3v) is 3.79. The molecule has 3 nitrogen and oxygen atoms in total. The molecule has 3 heteroatoms. The molecule has 1 aliphatic rings. The number of rotatable bonds is 11. The Kier molecular flexibility index (Phi) is 7.96. The van der Waals surface area contributed by atoms with Crippen LogP contribution in [0.1, 0.15) is 53.4 Å². The summed E-state index contributed by atoms with van der Waals surface area (Å²) in [4.78, 5) is 2.54. The van der Waals surface area contributed by atoms with Gasteiger partial charge in [0.25, 0.3) is 0 Å². The molecule has 114 valence electrons. The normalized spacial score (nSPS) is 17.7. The minimum absolute atomic E-state index is 0.256. The van der Waals surface area contributed by atoms with Crippen LogP contribution in [0.2, 0.25) is 0 Å². The fourth-order valence-electron chi connectivity index (χ4n) is 2.23. The van der Waals surface area contributed by atoms with Crippen molar-refractivity contribution < 1.29 is 5.11 Å². The van der Waals surface area contributed by atoms with Gasteiger partial charge in [-0.1, -0.05) is 27.7 Å². The standard InChI is InChI=1S/C16H34N2O/c1-13(2)7-9-18(10-8-14(3)4)11-16(12-19)17-15-5-6-15/h13-17,19H,5-12H2,1-4H3. The molecule has 0 aromatic rings. The summed E-state index contributed by atoms with van der Waals surface area (Å²) in [6.07, 6.45) is 5.07. The number of aliphatic hydroxyl groups excluding tert-OH is 1. The van der Waals surface area contributed by atoms with Gasteiger partial charge in [-0.25, -0.2) is 0 Å². The highest BCUT2D eigenvalue weighted by Gasteiger charge is 2.25. The summed E-state index contributed by atoms with van der Waals surface area (Å²) in [6, 6.07) is 0.932. The fraction of sp³-hybridized carbons (Fsp3) is 1.00. The summed E-state index contributed by atoms with van der Waals surface area (Å²) in [5.41, 5.74) is 0. The van der Waals surface area contributed by atoms with Crippen LogP contribution in [0.4, 0.5) is 0 Å². The zero-order valence-corrected chi connectivity index (χ0v) is 13.4. The van der Waals surface area contributed by atoms with E-state index in [1.807, 2.05) is 0 Å². The van der Waals surface area contributed by atoms with E-state index in [4.69, 9.17) is 0 Å². The third-order valence-electron chi connectivity index (χ3n) is 3.79. The van der Waals surface area contributed by atoms with Gasteiger partial charge in [0.15, 0.2) is 0 Å². The second kappa shape index (κ2) is 8.93. The van der Waals surface area contributed by atoms with Crippen molar-refractivity contribution >= 4 is 0 Å². The zero-order valence-electron chi connectivity index (χ0n) is 13.4. The number of aliphatic hydroxyl groups is 1. The first-order chi connectivity index (χ1) is 9.01. The summed E-state index contributed by atoms with van der Waals surface area (Å²) in [5.74, 6) is 1.51. The summed E-state index contributed by atoms with van der Waals surface area (Å²) in [5, 5.41) is 13.1. The van der Waals surface area contributed by atoms with Crippen LogP contribution >= 0.6 is 0 Å². The molecule has 0 aromatic carbocycles. The van der Waals surface area contributed by atoms with Crippen molar-refractivity contribution in [2.75, 3.05) is 26.2 Å². The average Bonchev–Trinajstić information content (AvgIpc) is 3.14. The lowest BCUT2D eigenvalue weighted by molar-refractivity contribution is 0.170. The minimum atomic E-state index is 0.256. The van der Waals surface area contributed by atoms with Gasteiger partial charge in [0.1, 0.15) is 0 Å². The van der Waals surface area contributed by atoms with E-state index in [2.05, 4.69) is 37.9 Å². The van der Waals surface area contributed by atoms with Gasteiger partial charge >= 0.3 is 0 Å². The molecule has 2 N–H and O–H groups in total. The quantitative estimate of drug-likeness (QED) is 0.605. The molecule has 0 heterocycles. The maximum Gasteiger partial charge on any atom is 0.0597 e. The first-order valence-corrected chi connectivity index (χ1v) is 8.10. The van der Waals surface area contributed by atoms with Crippen LogP contribution in [-0.4, -0.2) is 48.3 Å². The Morgan fingerprint density at radius 3 is 1.95 bits per heavy atom. The molecule has 19 heavy (non-hydrogen) atoms. The van der Waals surface area contributed by atoms with Crippen molar-refractivity contribution in [2.24, 2.45) is 11.8 Å². The van der Waals surface area contributed by atoms with E-state index in [-0.39, 0.29) is 12.6 Å². The highest BCUT2D eigenvalue weighted by atomic mass is 16.3. The Morgan fingerprint density at radius 2 is 1.58 bits per heavy atom. The second-order valence-corrected chi connectivity index (χ2v) is 6.99. The summed E-state index contributed by atoms with van der Waals surface area (Å²) < 4.78 is 0. The van der Waals surface area contributed by atoms with Crippen LogP contribution in [0, 0.1) is 11.8 Å². The predicted octanol–water partition coefficient (Wildman–Crippen LogP) is 2.49. The molecule has 1 atom stereocenters. The van der Waals surface area contributed by atoms with Crippen molar-refractivity contribution in [3.05, 3.63) is 0 Å². The van der Waals surface area contributed by atoms with Crippen LogP contribution in [0.15, 0.2) is 0 Å². The maximum absolute atomic E-state index is 9.52. The Bertz CT molecular complexity index is 215. The Labute approximate surface area is 119 Å². The largest absolute Gasteiger partial charge is 0.395 e. The molecule has 0 aliphatic heterocycles. The van der Waals surface area contributed by atoms with Crippen LogP contribution in [0.5, 0.6) is 0 Å². The molecule has 1 rings (SSSR count). The van der Waals surface area contributed by atoms with E-state index >= 15 is 0 Å². The van der Waals surface area contributed by atoms with E-state index in [0.717, 1.165) is 31.5 Å². The molecule has 0 radical (unpaired) electrons. The van der Waals surface area contributed by atoms with Gasteiger partial charge in [-0.05, 0) is 50.6 Å². The van der Waals surface area contributed by atoms with Crippen molar-refractivity contribution in [2.45, 2.75) is 65.5 Å². The highest BCUT2D eigenvalue weighted by Crippen LogP contribution is 2.19. The van der Waals surface area contributed by atoms with E-state index in [1.165, 1.54) is 25.7 Å². The SMILES string of the molecule is CC(C)CCN(CCC(C)C)CC(CO)NC1CC1. The third kappa shape index (κ3) is 8.61.